The van der Waals surface area contributed by atoms with E-state index in [0.717, 1.165) is 37.3 Å². The van der Waals surface area contributed by atoms with Crippen molar-refractivity contribution in [1.82, 2.24) is 0 Å². The standard InChI is InChI=1S/C15H21FN2O/c1-10-2-4-11(5-3-10)14(15(17)19)18-13-8-6-12(16)7-9-13/h6-11,14,18H,2-5H2,1H3,(H2,17,19). The summed E-state index contributed by atoms with van der Waals surface area (Å²) in [4.78, 5) is 11.6. The summed E-state index contributed by atoms with van der Waals surface area (Å²) < 4.78 is 12.9. The monoisotopic (exact) mass is 264 g/mol. The smallest absolute Gasteiger partial charge is 0.240 e. The molecule has 1 aliphatic rings. The Kier molecular flexibility index (Phi) is 4.40. The third kappa shape index (κ3) is 3.69. The second-order valence-electron chi connectivity index (χ2n) is 5.55. The summed E-state index contributed by atoms with van der Waals surface area (Å²) in [7, 11) is 0. The lowest BCUT2D eigenvalue weighted by atomic mass is 9.79. The van der Waals surface area contributed by atoms with Crippen LogP contribution in [0.4, 0.5) is 10.1 Å². The highest BCUT2D eigenvalue weighted by Gasteiger charge is 2.29. The number of carbonyl (C=O) groups excluding carboxylic acids is 1. The Labute approximate surface area is 113 Å². The van der Waals surface area contributed by atoms with Crippen LogP contribution < -0.4 is 11.1 Å². The Bertz CT molecular complexity index is 424. The van der Waals surface area contributed by atoms with Crippen molar-refractivity contribution in [1.29, 1.82) is 0 Å². The molecule has 1 aromatic carbocycles. The molecule has 1 aromatic rings. The average molecular weight is 264 g/mol. The number of anilines is 1. The fourth-order valence-electron chi connectivity index (χ4n) is 2.77. The van der Waals surface area contributed by atoms with Crippen LogP contribution in [-0.2, 0) is 4.79 Å². The number of halogens is 1. The summed E-state index contributed by atoms with van der Waals surface area (Å²) in [6.45, 7) is 2.24. The van der Waals surface area contributed by atoms with Gasteiger partial charge in [-0.1, -0.05) is 19.8 Å². The molecular formula is C15H21FN2O. The Morgan fingerprint density at radius 2 is 1.84 bits per heavy atom. The van der Waals surface area contributed by atoms with E-state index in [1.807, 2.05) is 0 Å². The van der Waals surface area contributed by atoms with E-state index in [0.29, 0.717) is 0 Å². The van der Waals surface area contributed by atoms with Crippen molar-refractivity contribution in [3.05, 3.63) is 30.1 Å². The zero-order chi connectivity index (χ0) is 13.8. The molecule has 1 fully saturated rings. The highest BCUT2D eigenvalue weighted by molar-refractivity contribution is 5.83. The number of carbonyl (C=O) groups is 1. The first-order chi connectivity index (χ1) is 9.06. The molecule has 1 saturated carbocycles. The molecule has 0 heterocycles. The van der Waals surface area contributed by atoms with E-state index >= 15 is 0 Å². The van der Waals surface area contributed by atoms with Crippen molar-refractivity contribution in [2.24, 2.45) is 17.6 Å². The molecule has 0 aliphatic heterocycles. The Hall–Kier alpha value is -1.58. The van der Waals surface area contributed by atoms with Crippen molar-refractivity contribution in [3.63, 3.8) is 0 Å². The second-order valence-corrected chi connectivity index (χ2v) is 5.55. The normalized spacial score (nSPS) is 24.7. The SMILES string of the molecule is CC1CCC(C(Nc2ccc(F)cc2)C(N)=O)CC1. The summed E-state index contributed by atoms with van der Waals surface area (Å²) in [5.41, 5.74) is 6.24. The first-order valence-electron chi connectivity index (χ1n) is 6.87. The largest absolute Gasteiger partial charge is 0.373 e. The van der Waals surface area contributed by atoms with Crippen LogP contribution in [0.2, 0.25) is 0 Å². The zero-order valence-electron chi connectivity index (χ0n) is 11.2. The molecule has 3 nitrogen and oxygen atoms in total. The fourth-order valence-corrected chi connectivity index (χ4v) is 2.77. The van der Waals surface area contributed by atoms with Crippen LogP contribution in [0.25, 0.3) is 0 Å². The summed E-state index contributed by atoms with van der Waals surface area (Å²) in [5, 5.41) is 3.15. The second kappa shape index (κ2) is 6.04. The maximum Gasteiger partial charge on any atom is 0.240 e. The summed E-state index contributed by atoms with van der Waals surface area (Å²) in [5.74, 6) is 0.394. The van der Waals surface area contributed by atoms with Crippen LogP contribution in [-0.4, -0.2) is 11.9 Å². The van der Waals surface area contributed by atoms with Gasteiger partial charge in [-0.2, -0.15) is 0 Å². The Morgan fingerprint density at radius 3 is 2.37 bits per heavy atom. The van der Waals surface area contributed by atoms with Gasteiger partial charge in [0.15, 0.2) is 0 Å². The van der Waals surface area contributed by atoms with Gasteiger partial charge in [0, 0.05) is 5.69 Å². The van der Waals surface area contributed by atoms with Crippen molar-refractivity contribution in [3.8, 4) is 0 Å². The van der Waals surface area contributed by atoms with Crippen molar-refractivity contribution in [2.75, 3.05) is 5.32 Å². The van der Waals surface area contributed by atoms with E-state index < -0.39 is 0 Å². The predicted molar refractivity (Wildman–Crippen MR) is 74.1 cm³/mol. The van der Waals surface area contributed by atoms with Crippen LogP contribution in [0.3, 0.4) is 0 Å². The summed E-state index contributed by atoms with van der Waals surface area (Å²) >= 11 is 0. The minimum atomic E-state index is -0.363. The average Bonchev–Trinajstić information content (AvgIpc) is 2.39. The van der Waals surface area contributed by atoms with Crippen molar-refractivity contribution >= 4 is 11.6 Å². The summed E-state index contributed by atoms with van der Waals surface area (Å²) in [6, 6.07) is 5.66. The maximum atomic E-state index is 12.9. The fraction of sp³-hybridized carbons (Fsp3) is 0.533. The highest BCUT2D eigenvalue weighted by Crippen LogP contribution is 2.31. The Balaban J connectivity index is 2.04. The number of hydrogen-bond donors (Lipinski definition) is 2. The van der Waals surface area contributed by atoms with E-state index in [9.17, 15) is 9.18 Å². The van der Waals surface area contributed by atoms with Gasteiger partial charge >= 0.3 is 0 Å². The van der Waals surface area contributed by atoms with Crippen molar-refractivity contribution < 1.29 is 9.18 Å². The molecule has 0 aromatic heterocycles. The van der Waals surface area contributed by atoms with Crippen molar-refractivity contribution in [2.45, 2.75) is 38.6 Å². The van der Waals surface area contributed by atoms with Crippen LogP contribution in [0, 0.1) is 17.7 Å². The number of nitrogens with one attached hydrogen (secondary N) is 1. The first kappa shape index (κ1) is 13.8. The number of primary amides is 1. The molecule has 1 atom stereocenters. The molecule has 4 heteroatoms. The molecule has 19 heavy (non-hydrogen) atoms. The van der Waals surface area contributed by atoms with Crippen LogP contribution in [0.5, 0.6) is 0 Å². The summed E-state index contributed by atoms with van der Waals surface area (Å²) in [6.07, 6.45) is 4.31. The Morgan fingerprint density at radius 1 is 1.26 bits per heavy atom. The molecule has 0 spiro atoms. The number of hydrogen-bond acceptors (Lipinski definition) is 2. The third-order valence-electron chi connectivity index (χ3n) is 4.00. The van der Waals surface area contributed by atoms with Gasteiger partial charge in [-0.05, 0) is 48.9 Å². The molecule has 1 amide bonds. The molecule has 104 valence electrons. The molecule has 0 bridgehead atoms. The van der Waals surface area contributed by atoms with Gasteiger partial charge in [0.2, 0.25) is 5.91 Å². The predicted octanol–water partition coefficient (Wildman–Crippen LogP) is 2.92. The van der Waals surface area contributed by atoms with E-state index in [4.69, 9.17) is 5.73 Å². The number of rotatable bonds is 4. The third-order valence-corrected chi connectivity index (χ3v) is 4.00. The van der Waals surface area contributed by atoms with Gasteiger partial charge in [0.25, 0.3) is 0 Å². The number of nitrogens with two attached hydrogens (primary N) is 1. The number of benzene rings is 1. The van der Waals surface area contributed by atoms with Gasteiger partial charge in [0.05, 0.1) is 0 Å². The maximum absolute atomic E-state index is 12.9. The molecule has 1 aliphatic carbocycles. The van der Waals surface area contributed by atoms with E-state index in [1.165, 1.54) is 12.1 Å². The van der Waals surface area contributed by atoms with E-state index in [1.54, 1.807) is 12.1 Å². The topological polar surface area (TPSA) is 55.1 Å². The van der Waals surface area contributed by atoms with Gasteiger partial charge in [-0.15, -0.1) is 0 Å². The van der Waals surface area contributed by atoms with Gasteiger partial charge in [-0.25, -0.2) is 4.39 Å². The zero-order valence-corrected chi connectivity index (χ0v) is 11.2. The molecule has 3 N–H and O–H groups in total. The van der Waals surface area contributed by atoms with E-state index in [2.05, 4.69) is 12.2 Å². The lowest BCUT2D eigenvalue weighted by Gasteiger charge is -2.32. The molecule has 0 radical (unpaired) electrons. The minimum absolute atomic E-state index is 0.277. The number of amides is 1. The molecule has 1 unspecified atom stereocenters. The lowest BCUT2D eigenvalue weighted by Crippen LogP contribution is -2.42. The molecule has 0 saturated heterocycles. The minimum Gasteiger partial charge on any atom is -0.373 e. The van der Waals surface area contributed by atoms with E-state index in [-0.39, 0.29) is 23.7 Å². The highest BCUT2D eigenvalue weighted by atomic mass is 19.1. The van der Waals surface area contributed by atoms with Gasteiger partial charge in [-0.3, -0.25) is 4.79 Å². The lowest BCUT2D eigenvalue weighted by molar-refractivity contribution is -0.120. The van der Waals surface area contributed by atoms with Gasteiger partial charge < -0.3 is 11.1 Å². The van der Waals surface area contributed by atoms with Gasteiger partial charge in [0.1, 0.15) is 11.9 Å². The first-order valence-corrected chi connectivity index (χ1v) is 6.87. The quantitative estimate of drug-likeness (QED) is 0.878. The van der Waals surface area contributed by atoms with Crippen LogP contribution in [0.15, 0.2) is 24.3 Å². The molecule has 2 rings (SSSR count). The molecular weight excluding hydrogens is 243 g/mol. The van der Waals surface area contributed by atoms with Crippen LogP contribution >= 0.6 is 0 Å². The van der Waals surface area contributed by atoms with Crippen LogP contribution in [0.1, 0.15) is 32.6 Å².